The number of amides is 1. The van der Waals surface area contributed by atoms with Crippen LogP contribution in [0.25, 0.3) is 28.0 Å². The Morgan fingerprint density at radius 1 is 1.21 bits per heavy atom. The molecule has 0 radical (unpaired) electrons. The molecule has 10 heteroatoms. The van der Waals surface area contributed by atoms with Crippen LogP contribution in [-0.4, -0.2) is 30.6 Å². The van der Waals surface area contributed by atoms with E-state index in [1.807, 2.05) is 0 Å². The fourth-order valence-corrected chi connectivity index (χ4v) is 3.02. The van der Waals surface area contributed by atoms with Crippen LogP contribution < -0.4 is 5.73 Å². The van der Waals surface area contributed by atoms with Crippen LogP contribution >= 0.6 is 0 Å². The average Bonchev–Trinajstić information content (AvgIpc) is 3.28. The molecule has 0 bridgehead atoms. The lowest BCUT2D eigenvalue weighted by Crippen LogP contribution is -2.16. The summed E-state index contributed by atoms with van der Waals surface area (Å²) in [5.41, 5.74) is 6.91. The molecule has 0 unspecified atom stereocenters. The Hall–Kier alpha value is -3.69. The van der Waals surface area contributed by atoms with Crippen molar-refractivity contribution in [3.63, 3.8) is 0 Å². The number of rotatable bonds is 3. The van der Waals surface area contributed by atoms with E-state index in [4.69, 9.17) is 5.73 Å². The van der Waals surface area contributed by atoms with Gasteiger partial charge in [0.2, 0.25) is 0 Å². The van der Waals surface area contributed by atoms with Gasteiger partial charge in [0.1, 0.15) is 12.0 Å². The normalized spacial score (nSPS) is 11.9. The highest BCUT2D eigenvalue weighted by molar-refractivity contribution is 5.96. The van der Waals surface area contributed by atoms with Crippen LogP contribution in [0.4, 0.5) is 13.2 Å². The molecule has 0 aliphatic carbocycles. The van der Waals surface area contributed by atoms with Crippen LogP contribution in [-0.2, 0) is 6.18 Å². The van der Waals surface area contributed by atoms with Crippen LogP contribution in [0.1, 0.15) is 21.6 Å². The Morgan fingerprint density at radius 2 is 2.00 bits per heavy atom. The first kappa shape index (κ1) is 17.7. The van der Waals surface area contributed by atoms with Gasteiger partial charge in [0.25, 0.3) is 5.91 Å². The maximum atomic E-state index is 13.2. The Labute approximate surface area is 156 Å². The van der Waals surface area contributed by atoms with E-state index >= 15 is 0 Å². The molecule has 0 fully saturated rings. The summed E-state index contributed by atoms with van der Waals surface area (Å²) in [4.78, 5) is 20.2. The van der Waals surface area contributed by atoms with Gasteiger partial charge in [0, 0.05) is 17.4 Å². The quantitative estimate of drug-likeness (QED) is 0.564. The van der Waals surface area contributed by atoms with E-state index in [9.17, 15) is 18.0 Å². The number of nitrogens with two attached hydrogens (primary N) is 1. The summed E-state index contributed by atoms with van der Waals surface area (Å²) in [5, 5.41) is 7.23. The number of H-pyrrole nitrogens is 1. The molecule has 28 heavy (non-hydrogen) atoms. The molecule has 0 spiro atoms. The number of carbonyl (C=O) groups is 1. The van der Waals surface area contributed by atoms with Gasteiger partial charge in [-0.25, -0.2) is 9.97 Å². The number of carbonyl (C=O) groups excluding carboxylic acids is 1. The molecule has 142 valence electrons. The predicted molar refractivity (Wildman–Crippen MR) is 94.7 cm³/mol. The molecule has 3 aromatic heterocycles. The SMILES string of the molecule is Cc1ccc(C(F)(F)F)cc1-n1cc(-c2ncnc3[nH]ncc23)cc1C(N)=O. The number of halogens is 3. The van der Waals surface area contributed by atoms with E-state index in [-0.39, 0.29) is 11.4 Å². The van der Waals surface area contributed by atoms with E-state index in [2.05, 4.69) is 20.2 Å². The van der Waals surface area contributed by atoms with Crippen molar-refractivity contribution in [2.75, 3.05) is 0 Å². The highest BCUT2D eigenvalue weighted by Crippen LogP contribution is 2.33. The monoisotopic (exact) mass is 386 g/mol. The third-order valence-electron chi connectivity index (χ3n) is 4.39. The lowest BCUT2D eigenvalue weighted by Gasteiger charge is -2.14. The second kappa shape index (κ2) is 6.19. The van der Waals surface area contributed by atoms with Gasteiger partial charge >= 0.3 is 6.18 Å². The van der Waals surface area contributed by atoms with Crippen molar-refractivity contribution in [3.05, 3.63) is 59.8 Å². The van der Waals surface area contributed by atoms with Gasteiger partial charge in [-0.3, -0.25) is 9.89 Å². The van der Waals surface area contributed by atoms with Gasteiger partial charge in [-0.1, -0.05) is 6.07 Å². The number of hydrogen-bond donors (Lipinski definition) is 2. The zero-order chi connectivity index (χ0) is 20.1. The fourth-order valence-electron chi connectivity index (χ4n) is 3.02. The minimum atomic E-state index is -4.51. The fraction of sp³-hybridized carbons (Fsp3) is 0.111. The van der Waals surface area contributed by atoms with Gasteiger partial charge in [-0.05, 0) is 30.7 Å². The predicted octanol–water partition coefficient (Wildman–Crippen LogP) is 3.24. The zero-order valence-electron chi connectivity index (χ0n) is 14.4. The van der Waals surface area contributed by atoms with Crippen molar-refractivity contribution < 1.29 is 18.0 Å². The van der Waals surface area contributed by atoms with Crippen molar-refractivity contribution in [3.8, 4) is 16.9 Å². The van der Waals surface area contributed by atoms with Crippen LogP contribution in [0, 0.1) is 6.92 Å². The average molecular weight is 386 g/mol. The number of fused-ring (bicyclic) bond motifs is 1. The summed E-state index contributed by atoms with van der Waals surface area (Å²) < 4.78 is 40.8. The molecule has 0 aliphatic heterocycles. The van der Waals surface area contributed by atoms with E-state index in [0.29, 0.717) is 27.9 Å². The zero-order valence-corrected chi connectivity index (χ0v) is 14.4. The largest absolute Gasteiger partial charge is 0.416 e. The lowest BCUT2D eigenvalue weighted by atomic mass is 10.1. The number of primary amides is 1. The van der Waals surface area contributed by atoms with E-state index in [1.165, 1.54) is 35.4 Å². The Bertz CT molecular complexity index is 1210. The van der Waals surface area contributed by atoms with Crippen LogP contribution in [0.2, 0.25) is 0 Å². The first-order valence-corrected chi connectivity index (χ1v) is 8.10. The maximum absolute atomic E-state index is 13.2. The number of nitrogens with one attached hydrogen (secondary N) is 1. The lowest BCUT2D eigenvalue weighted by molar-refractivity contribution is -0.137. The molecule has 1 amide bonds. The minimum absolute atomic E-state index is 0.0349. The third-order valence-corrected chi connectivity index (χ3v) is 4.39. The summed E-state index contributed by atoms with van der Waals surface area (Å²) in [6.07, 6.45) is -0.133. The van der Waals surface area contributed by atoms with E-state index in [1.54, 1.807) is 6.92 Å². The third kappa shape index (κ3) is 2.88. The van der Waals surface area contributed by atoms with Crippen molar-refractivity contribution in [2.45, 2.75) is 13.1 Å². The number of aromatic nitrogens is 5. The standard InChI is InChI=1S/C18H13F3N6O/c1-9-2-3-11(18(19,20)21)5-13(9)27-7-10(4-14(27)16(22)28)15-12-6-25-26-17(12)24-8-23-15/h2-8H,1H3,(H2,22,28)(H,23,24,25,26). The van der Waals surface area contributed by atoms with Gasteiger partial charge in [-0.15, -0.1) is 0 Å². The number of aromatic amines is 1. The van der Waals surface area contributed by atoms with Crippen molar-refractivity contribution in [1.29, 1.82) is 0 Å². The van der Waals surface area contributed by atoms with Crippen LogP contribution in [0.15, 0.2) is 43.0 Å². The molecular weight excluding hydrogens is 373 g/mol. The molecule has 1 aromatic carbocycles. The molecular formula is C18H13F3N6O. The first-order valence-electron chi connectivity index (χ1n) is 8.10. The second-order valence-electron chi connectivity index (χ2n) is 6.20. The van der Waals surface area contributed by atoms with Gasteiger partial charge < -0.3 is 10.3 Å². The second-order valence-corrected chi connectivity index (χ2v) is 6.20. The van der Waals surface area contributed by atoms with Crippen LogP contribution in [0.5, 0.6) is 0 Å². The maximum Gasteiger partial charge on any atom is 0.416 e. The van der Waals surface area contributed by atoms with Crippen LogP contribution in [0.3, 0.4) is 0 Å². The first-order chi connectivity index (χ1) is 13.3. The van der Waals surface area contributed by atoms with Crippen molar-refractivity contribution in [1.82, 2.24) is 24.7 Å². The molecule has 7 nitrogen and oxygen atoms in total. The summed E-state index contributed by atoms with van der Waals surface area (Å²) in [6, 6.07) is 4.81. The van der Waals surface area contributed by atoms with Gasteiger partial charge in [0.05, 0.1) is 22.8 Å². The Morgan fingerprint density at radius 3 is 2.71 bits per heavy atom. The smallest absolute Gasteiger partial charge is 0.364 e. The Kier molecular flexibility index (Phi) is 3.91. The number of alkyl halides is 3. The molecule has 0 aliphatic rings. The summed E-state index contributed by atoms with van der Waals surface area (Å²) in [5.74, 6) is -0.777. The summed E-state index contributed by atoms with van der Waals surface area (Å²) in [6.45, 7) is 1.65. The highest BCUT2D eigenvalue weighted by Gasteiger charge is 2.31. The topological polar surface area (TPSA) is 102 Å². The Balaban J connectivity index is 1.94. The minimum Gasteiger partial charge on any atom is -0.364 e. The summed E-state index contributed by atoms with van der Waals surface area (Å²) in [7, 11) is 0. The molecule has 4 aromatic rings. The number of benzene rings is 1. The van der Waals surface area contributed by atoms with E-state index < -0.39 is 17.6 Å². The number of nitrogens with zero attached hydrogens (tertiary/aromatic N) is 4. The highest BCUT2D eigenvalue weighted by atomic mass is 19.4. The molecule has 3 N–H and O–H groups in total. The van der Waals surface area contributed by atoms with E-state index in [0.717, 1.165) is 12.1 Å². The molecule has 3 heterocycles. The molecule has 4 rings (SSSR count). The molecule has 0 saturated heterocycles. The van der Waals surface area contributed by atoms with Crippen molar-refractivity contribution in [2.24, 2.45) is 5.73 Å². The summed E-state index contributed by atoms with van der Waals surface area (Å²) >= 11 is 0. The molecule has 0 atom stereocenters. The number of hydrogen-bond acceptors (Lipinski definition) is 4. The number of aryl methyl sites for hydroxylation is 1. The van der Waals surface area contributed by atoms with Gasteiger partial charge in [0.15, 0.2) is 5.65 Å². The molecule has 0 saturated carbocycles. The van der Waals surface area contributed by atoms with Gasteiger partial charge in [-0.2, -0.15) is 18.3 Å². The van der Waals surface area contributed by atoms with Crippen molar-refractivity contribution >= 4 is 16.9 Å².